The zero-order valence-electron chi connectivity index (χ0n) is 21.8. The van der Waals surface area contributed by atoms with Gasteiger partial charge in [0.25, 0.3) is 0 Å². The van der Waals surface area contributed by atoms with E-state index in [4.69, 9.17) is 4.99 Å². The Labute approximate surface area is 227 Å². The summed E-state index contributed by atoms with van der Waals surface area (Å²) in [5, 5.41) is 2.78. The average Bonchev–Trinajstić information content (AvgIpc) is 3.27. The van der Waals surface area contributed by atoms with Crippen LogP contribution in [-0.4, -0.2) is 43.1 Å². The van der Waals surface area contributed by atoms with Crippen molar-refractivity contribution >= 4 is 34.6 Å². The maximum atomic E-state index is 13.8. The van der Waals surface area contributed by atoms with Crippen LogP contribution in [-0.2, 0) is 16.1 Å². The summed E-state index contributed by atoms with van der Waals surface area (Å²) in [7, 11) is 3.68. The minimum absolute atomic E-state index is 0.0267. The normalized spacial score (nSPS) is 14.7. The Kier molecular flexibility index (Phi) is 7.61. The smallest absolute Gasteiger partial charge is 0.240 e. The molecular weight excluding hydrogens is 491 g/mol. The summed E-state index contributed by atoms with van der Waals surface area (Å²) in [6, 6.07) is 31.2. The van der Waals surface area contributed by atoms with Crippen molar-refractivity contribution in [2.24, 2.45) is 4.99 Å². The van der Waals surface area contributed by atoms with E-state index in [2.05, 4.69) is 5.32 Å². The second kappa shape index (κ2) is 11.4. The van der Waals surface area contributed by atoms with Gasteiger partial charge in [-0.25, -0.2) is 4.39 Å². The summed E-state index contributed by atoms with van der Waals surface area (Å²) in [5.74, 6) is -1.36. The number of nitrogens with one attached hydrogen (secondary N) is 1. The van der Waals surface area contributed by atoms with E-state index in [1.807, 2.05) is 96.9 Å². The van der Waals surface area contributed by atoms with Gasteiger partial charge in [0, 0.05) is 25.0 Å². The van der Waals surface area contributed by atoms with E-state index in [-0.39, 0.29) is 18.4 Å². The summed E-state index contributed by atoms with van der Waals surface area (Å²) in [6.45, 7) is 0.959. The molecule has 6 nitrogen and oxygen atoms in total. The number of nitrogens with zero attached hydrogens (tertiary/aromatic N) is 3. The lowest BCUT2D eigenvalue weighted by atomic mass is 9.90. The highest BCUT2D eigenvalue weighted by Crippen LogP contribution is 2.36. The van der Waals surface area contributed by atoms with Crippen molar-refractivity contribution in [2.75, 3.05) is 30.9 Å². The number of likely N-dealkylation sites (N-methyl/N-ethyl adjacent to an activating group) is 2. The quantitative estimate of drug-likeness (QED) is 0.300. The molecule has 0 spiro atoms. The molecule has 1 aliphatic heterocycles. The van der Waals surface area contributed by atoms with Crippen LogP contribution < -0.4 is 10.2 Å². The topological polar surface area (TPSA) is 65.0 Å². The molecular formula is C32H29FN4O2. The van der Waals surface area contributed by atoms with Crippen LogP contribution in [0.5, 0.6) is 0 Å². The molecule has 1 N–H and O–H groups in total. The molecule has 5 rings (SSSR count). The number of anilines is 2. The van der Waals surface area contributed by atoms with Crippen LogP contribution in [0.3, 0.4) is 0 Å². The summed E-state index contributed by atoms with van der Waals surface area (Å²) in [4.78, 5) is 34.4. The van der Waals surface area contributed by atoms with Crippen LogP contribution >= 0.6 is 0 Å². The van der Waals surface area contributed by atoms with Crippen molar-refractivity contribution in [3.05, 3.63) is 126 Å². The minimum Gasteiger partial charge on any atom is -0.325 e. The van der Waals surface area contributed by atoms with E-state index in [0.717, 1.165) is 16.8 Å². The van der Waals surface area contributed by atoms with Crippen molar-refractivity contribution in [1.29, 1.82) is 0 Å². The van der Waals surface area contributed by atoms with E-state index >= 15 is 0 Å². The molecule has 7 heteroatoms. The molecule has 1 aliphatic rings. The van der Waals surface area contributed by atoms with Gasteiger partial charge in [0.2, 0.25) is 11.8 Å². The number of aliphatic imine (C=N–C) groups is 1. The van der Waals surface area contributed by atoms with E-state index < -0.39 is 11.7 Å². The van der Waals surface area contributed by atoms with E-state index in [1.54, 1.807) is 18.0 Å². The third kappa shape index (κ3) is 5.94. The van der Waals surface area contributed by atoms with Gasteiger partial charge < -0.3 is 10.2 Å². The van der Waals surface area contributed by atoms with Crippen molar-refractivity contribution in [3.8, 4) is 0 Å². The summed E-state index contributed by atoms with van der Waals surface area (Å²) >= 11 is 0. The van der Waals surface area contributed by atoms with Gasteiger partial charge in [0.05, 0.1) is 17.9 Å². The fourth-order valence-electron chi connectivity index (χ4n) is 4.73. The van der Waals surface area contributed by atoms with Gasteiger partial charge in [0.1, 0.15) is 11.7 Å². The molecule has 1 atom stereocenters. The Hall–Kier alpha value is -4.62. The first-order chi connectivity index (χ1) is 18.9. The van der Waals surface area contributed by atoms with Crippen LogP contribution in [0.2, 0.25) is 0 Å². The number of carbonyl (C=O) groups excluding carboxylic acids is 2. The van der Waals surface area contributed by atoms with E-state index in [9.17, 15) is 14.0 Å². The van der Waals surface area contributed by atoms with Crippen LogP contribution in [0.1, 0.15) is 22.6 Å². The number of amides is 2. The van der Waals surface area contributed by atoms with Gasteiger partial charge in [-0.3, -0.25) is 19.5 Å². The Morgan fingerprint density at radius 3 is 2.26 bits per heavy atom. The second-order valence-corrected chi connectivity index (χ2v) is 9.64. The van der Waals surface area contributed by atoms with Crippen molar-refractivity contribution in [3.63, 3.8) is 0 Å². The Morgan fingerprint density at radius 2 is 1.56 bits per heavy atom. The van der Waals surface area contributed by atoms with E-state index in [1.165, 1.54) is 12.1 Å². The van der Waals surface area contributed by atoms with E-state index in [0.29, 0.717) is 29.2 Å². The largest absolute Gasteiger partial charge is 0.325 e. The average molecular weight is 521 g/mol. The molecule has 0 radical (unpaired) electrons. The van der Waals surface area contributed by atoms with Gasteiger partial charge >= 0.3 is 0 Å². The number of fused-ring (bicyclic) bond motifs is 1. The fraction of sp³-hybridized carbons (Fsp3) is 0.156. The van der Waals surface area contributed by atoms with Gasteiger partial charge in [0.15, 0.2) is 0 Å². The monoisotopic (exact) mass is 520 g/mol. The van der Waals surface area contributed by atoms with Gasteiger partial charge in [-0.05, 0) is 60.1 Å². The highest BCUT2D eigenvalue weighted by atomic mass is 19.1. The van der Waals surface area contributed by atoms with Crippen molar-refractivity contribution < 1.29 is 14.0 Å². The highest BCUT2D eigenvalue weighted by Gasteiger charge is 2.35. The molecule has 4 aromatic rings. The molecule has 0 saturated carbocycles. The molecule has 2 amide bonds. The molecule has 196 valence electrons. The number of hydrogen-bond acceptors (Lipinski definition) is 4. The number of hydrogen-bond donors (Lipinski definition) is 1. The molecule has 39 heavy (non-hydrogen) atoms. The lowest BCUT2D eigenvalue weighted by Crippen LogP contribution is -2.36. The minimum atomic E-state index is -0.674. The molecule has 0 aliphatic carbocycles. The van der Waals surface area contributed by atoms with Crippen molar-refractivity contribution in [1.82, 2.24) is 4.90 Å². The number of halogens is 1. The van der Waals surface area contributed by atoms with Gasteiger partial charge in [-0.2, -0.15) is 0 Å². The first-order valence-corrected chi connectivity index (χ1v) is 12.7. The third-order valence-corrected chi connectivity index (χ3v) is 6.75. The molecule has 0 saturated heterocycles. The standard InChI is InChI=1S/C32H29FN4O2/c1-36(20-22-9-5-3-6-10-22)21-29(38)37(2)26-16-14-25(15-17-26)34-31(23-11-7-4-8-12-23)30-27-18-13-24(33)19-28(27)35-32(30)39/h3-19,30H,20-21H2,1-2H3,(H,35,39). The maximum Gasteiger partial charge on any atom is 0.240 e. The van der Waals surface area contributed by atoms with Crippen molar-refractivity contribution in [2.45, 2.75) is 12.5 Å². The zero-order chi connectivity index (χ0) is 27.4. The van der Waals surface area contributed by atoms with Gasteiger partial charge in [-0.15, -0.1) is 0 Å². The molecule has 0 fully saturated rings. The summed E-state index contributed by atoms with van der Waals surface area (Å²) in [6.07, 6.45) is 0. The third-order valence-electron chi connectivity index (χ3n) is 6.75. The predicted molar refractivity (Wildman–Crippen MR) is 153 cm³/mol. The molecule has 1 unspecified atom stereocenters. The van der Waals surface area contributed by atoms with Crippen LogP contribution in [0, 0.1) is 5.82 Å². The summed E-state index contributed by atoms with van der Waals surface area (Å²) < 4.78 is 13.8. The first kappa shape index (κ1) is 26.0. The number of carbonyl (C=O) groups is 2. The fourth-order valence-corrected chi connectivity index (χ4v) is 4.73. The van der Waals surface area contributed by atoms with Crippen LogP contribution in [0.25, 0.3) is 0 Å². The van der Waals surface area contributed by atoms with Gasteiger partial charge in [-0.1, -0.05) is 66.7 Å². The van der Waals surface area contributed by atoms with Crippen LogP contribution in [0.15, 0.2) is 108 Å². The first-order valence-electron chi connectivity index (χ1n) is 12.7. The van der Waals surface area contributed by atoms with Crippen LogP contribution in [0.4, 0.5) is 21.5 Å². The Bertz CT molecular complexity index is 1500. The molecule has 0 bridgehead atoms. The second-order valence-electron chi connectivity index (χ2n) is 9.64. The molecule has 4 aromatic carbocycles. The predicted octanol–water partition coefficient (Wildman–Crippen LogP) is 5.78. The summed E-state index contributed by atoms with van der Waals surface area (Å²) in [5.41, 5.74) is 5.05. The highest BCUT2D eigenvalue weighted by molar-refractivity contribution is 6.24. The maximum absolute atomic E-state index is 13.8. The SMILES string of the molecule is CN(CC(=O)N(C)c1ccc(N=C(c2ccccc2)C2C(=O)Nc3cc(F)ccc32)cc1)Cc1ccccc1. The molecule has 0 aromatic heterocycles. The lowest BCUT2D eigenvalue weighted by Gasteiger charge is -2.22. The number of benzene rings is 4. The zero-order valence-corrected chi connectivity index (χ0v) is 21.8. The Morgan fingerprint density at radius 1 is 0.897 bits per heavy atom. The number of rotatable bonds is 8. The lowest BCUT2D eigenvalue weighted by molar-refractivity contribution is -0.119. The Balaban J connectivity index is 1.36. The molecule has 1 heterocycles.